The Morgan fingerprint density at radius 1 is 1.35 bits per heavy atom. The first kappa shape index (κ1) is 26.8. The molecule has 10 nitrogen and oxygen atoms in total. The second-order valence-electron chi connectivity index (χ2n) is 7.62. The van der Waals surface area contributed by atoms with Crippen LogP contribution in [0.3, 0.4) is 0 Å². The van der Waals surface area contributed by atoms with Crippen LogP contribution >= 0.6 is 24.5 Å². The Balaban J connectivity index is 1.54. The van der Waals surface area contributed by atoms with Gasteiger partial charge in [0.1, 0.15) is 11.5 Å². The molecule has 4 atom stereocenters. The van der Waals surface area contributed by atoms with E-state index in [-0.39, 0.29) is 42.1 Å². The summed E-state index contributed by atoms with van der Waals surface area (Å²) in [6.45, 7) is 4.83. The van der Waals surface area contributed by atoms with Gasteiger partial charge in [-0.2, -0.15) is 9.97 Å². The molecular weight excluding hydrogens is 532 g/mol. The molecular formula is C21H30BrFN5O5P. The largest absolute Gasteiger partial charge is 0.476 e. The third-order valence-corrected chi connectivity index (χ3v) is 6.68. The molecule has 1 aromatic carbocycles. The predicted octanol–water partition coefficient (Wildman–Crippen LogP) is 4.57. The number of anilines is 3. The van der Waals surface area contributed by atoms with E-state index in [0.29, 0.717) is 37.4 Å². The zero-order valence-corrected chi connectivity index (χ0v) is 21.8. The van der Waals surface area contributed by atoms with Crippen molar-refractivity contribution in [1.29, 1.82) is 0 Å². The van der Waals surface area contributed by atoms with Gasteiger partial charge in [0.2, 0.25) is 11.8 Å². The average molecular weight is 562 g/mol. The summed E-state index contributed by atoms with van der Waals surface area (Å²) in [4.78, 5) is 8.18. The Hall–Kier alpha value is -1.82. The van der Waals surface area contributed by atoms with E-state index in [4.69, 9.17) is 34.5 Å². The van der Waals surface area contributed by atoms with E-state index in [1.807, 2.05) is 13.8 Å². The number of benzene rings is 1. The number of nitrogens with two attached hydrogens (primary N) is 2. The van der Waals surface area contributed by atoms with Crippen LogP contribution < -0.4 is 21.5 Å². The van der Waals surface area contributed by atoms with Gasteiger partial charge in [-0.15, -0.1) is 0 Å². The fourth-order valence-electron chi connectivity index (χ4n) is 3.35. The van der Waals surface area contributed by atoms with Crippen molar-refractivity contribution in [2.75, 3.05) is 43.7 Å². The molecule has 34 heavy (non-hydrogen) atoms. The lowest BCUT2D eigenvalue weighted by Crippen LogP contribution is -2.28. The van der Waals surface area contributed by atoms with E-state index < -0.39 is 14.7 Å². The first-order chi connectivity index (χ1) is 16.3. The van der Waals surface area contributed by atoms with Crippen LogP contribution in [0, 0.1) is 5.82 Å². The number of methoxy groups -OCH3 is 1. The highest BCUT2D eigenvalue weighted by Crippen LogP contribution is 2.50. The van der Waals surface area contributed by atoms with Gasteiger partial charge < -0.3 is 39.8 Å². The van der Waals surface area contributed by atoms with Gasteiger partial charge in [-0.05, 0) is 38.5 Å². The van der Waals surface area contributed by atoms with Gasteiger partial charge in [0.15, 0.2) is 5.82 Å². The summed E-state index contributed by atoms with van der Waals surface area (Å²) >= 11 is 3.37. The van der Waals surface area contributed by atoms with E-state index in [1.54, 1.807) is 19.2 Å². The molecule has 0 bridgehead atoms. The van der Waals surface area contributed by atoms with Crippen LogP contribution in [0.15, 0.2) is 22.7 Å². The second-order valence-corrected chi connectivity index (χ2v) is 9.71. The number of halogens is 2. The van der Waals surface area contributed by atoms with Crippen molar-refractivity contribution in [2.45, 2.75) is 44.9 Å². The molecule has 1 saturated heterocycles. The van der Waals surface area contributed by atoms with Crippen molar-refractivity contribution < 1.29 is 27.4 Å². The molecule has 1 aromatic heterocycles. The molecule has 0 saturated carbocycles. The molecule has 1 aliphatic rings. The van der Waals surface area contributed by atoms with Crippen LogP contribution in [0.4, 0.5) is 21.8 Å². The van der Waals surface area contributed by atoms with E-state index in [9.17, 15) is 4.39 Å². The highest BCUT2D eigenvalue weighted by molar-refractivity contribution is 9.10. The summed E-state index contributed by atoms with van der Waals surface area (Å²) in [7, 11) is -0.0444. The van der Waals surface area contributed by atoms with Crippen molar-refractivity contribution in [2.24, 2.45) is 0 Å². The molecule has 1 fully saturated rings. The molecule has 0 spiro atoms. The number of hydrogen-bond acceptors (Lipinski definition) is 10. The van der Waals surface area contributed by atoms with Gasteiger partial charge in [0.25, 0.3) is 0 Å². The Kier molecular flexibility index (Phi) is 10.0. The Labute approximate surface area is 208 Å². The molecule has 0 radical (unpaired) electrons. The summed E-state index contributed by atoms with van der Waals surface area (Å²) in [5.74, 6) is 0.366. The van der Waals surface area contributed by atoms with Crippen LogP contribution in [-0.2, 0) is 18.3 Å². The maximum atomic E-state index is 14.3. The number of aromatic nitrogens is 2. The standard InChI is InChI=1S/C21H30BrFN5O5P/c1-4-30-20-18(24)19(27-21(25)28-20)26-12(2)9-14(29-3)11-32-34-31-8-7-17(33-34)15-10-13(22)5-6-16(15)23/h5-6,10,12,14,17H,4,7-9,11,24H2,1-3H3,(H3,25,26,27,28). The first-order valence-electron chi connectivity index (χ1n) is 10.8. The van der Waals surface area contributed by atoms with E-state index in [2.05, 4.69) is 31.2 Å². The molecule has 0 amide bonds. The molecule has 1 aliphatic heterocycles. The maximum Gasteiger partial charge on any atom is 0.333 e. The highest BCUT2D eigenvalue weighted by atomic mass is 79.9. The summed E-state index contributed by atoms with van der Waals surface area (Å²) in [5.41, 5.74) is 12.6. The molecule has 5 N–H and O–H groups in total. The van der Waals surface area contributed by atoms with Crippen molar-refractivity contribution in [3.8, 4) is 5.88 Å². The quantitative estimate of drug-likeness (QED) is 0.334. The van der Waals surface area contributed by atoms with Crippen LogP contribution in [0.5, 0.6) is 5.88 Å². The van der Waals surface area contributed by atoms with Crippen LogP contribution in [0.25, 0.3) is 0 Å². The van der Waals surface area contributed by atoms with Gasteiger partial charge in [0, 0.05) is 29.6 Å². The van der Waals surface area contributed by atoms with Crippen LogP contribution in [-0.4, -0.2) is 49.0 Å². The Morgan fingerprint density at radius 2 is 2.15 bits per heavy atom. The maximum absolute atomic E-state index is 14.3. The average Bonchev–Trinajstić information content (AvgIpc) is 2.81. The smallest absolute Gasteiger partial charge is 0.333 e. The molecule has 2 heterocycles. The summed E-state index contributed by atoms with van der Waals surface area (Å²) in [5, 5.41) is 3.22. The normalized spacial score (nSPS) is 20.0. The zero-order valence-electron chi connectivity index (χ0n) is 19.3. The molecule has 2 aromatic rings. The zero-order chi connectivity index (χ0) is 24.7. The lowest BCUT2D eigenvalue weighted by atomic mass is 10.1. The summed E-state index contributed by atoms with van der Waals surface area (Å²) in [6, 6.07) is 4.68. The summed E-state index contributed by atoms with van der Waals surface area (Å²) < 4.78 is 43.4. The Morgan fingerprint density at radius 3 is 2.88 bits per heavy atom. The highest BCUT2D eigenvalue weighted by Gasteiger charge is 2.29. The number of nitrogens with one attached hydrogen (secondary N) is 1. The predicted molar refractivity (Wildman–Crippen MR) is 132 cm³/mol. The van der Waals surface area contributed by atoms with E-state index >= 15 is 0 Å². The van der Waals surface area contributed by atoms with E-state index in [1.165, 1.54) is 6.07 Å². The van der Waals surface area contributed by atoms with E-state index in [0.717, 1.165) is 4.47 Å². The minimum absolute atomic E-state index is 0.0600. The minimum Gasteiger partial charge on any atom is -0.476 e. The number of nitrogen functional groups attached to an aromatic ring is 2. The van der Waals surface area contributed by atoms with Crippen LogP contribution in [0.2, 0.25) is 0 Å². The van der Waals surface area contributed by atoms with Crippen molar-refractivity contribution in [3.05, 3.63) is 34.1 Å². The first-order valence-corrected chi connectivity index (χ1v) is 12.7. The second kappa shape index (κ2) is 12.8. The fourth-order valence-corrected chi connectivity index (χ4v) is 4.89. The van der Waals surface area contributed by atoms with Crippen molar-refractivity contribution >= 4 is 42.0 Å². The number of nitrogens with zero attached hydrogens (tertiary/aromatic N) is 2. The molecule has 0 aliphatic carbocycles. The minimum atomic E-state index is -1.64. The van der Waals surface area contributed by atoms with Gasteiger partial charge >= 0.3 is 8.60 Å². The number of rotatable bonds is 11. The lowest BCUT2D eigenvalue weighted by molar-refractivity contribution is 0.0158. The monoisotopic (exact) mass is 561 g/mol. The lowest BCUT2D eigenvalue weighted by Gasteiger charge is -2.30. The van der Waals surface area contributed by atoms with Gasteiger partial charge in [0.05, 0.1) is 32.0 Å². The molecule has 188 valence electrons. The van der Waals surface area contributed by atoms with Crippen LogP contribution in [0.1, 0.15) is 38.4 Å². The number of ether oxygens (including phenoxy) is 2. The summed E-state index contributed by atoms with van der Waals surface area (Å²) in [6.07, 6.45) is 0.394. The van der Waals surface area contributed by atoms with Crippen molar-refractivity contribution in [1.82, 2.24) is 9.97 Å². The number of hydrogen-bond donors (Lipinski definition) is 3. The molecule has 3 rings (SSSR count). The Bertz CT molecular complexity index is 962. The molecule has 13 heteroatoms. The van der Waals surface area contributed by atoms with Gasteiger partial charge in [-0.3, -0.25) is 0 Å². The molecule has 4 unspecified atom stereocenters. The third kappa shape index (κ3) is 7.34. The van der Waals surface area contributed by atoms with Crippen molar-refractivity contribution in [3.63, 3.8) is 0 Å². The van der Waals surface area contributed by atoms with Gasteiger partial charge in [-0.25, -0.2) is 4.39 Å². The SMILES string of the molecule is CCOc1nc(N)nc(NC(C)CC(COP2OCCC(c3cc(Br)ccc3F)O2)OC)c1N. The fraction of sp³-hybridized carbons (Fsp3) is 0.524. The third-order valence-electron chi connectivity index (χ3n) is 5.00. The topological polar surface area (TPSA) is 136 Å². The van der Waals surface area contributed by atoms with Gasteiger partial charge in [-0.1, -0.05) is 15.9 Å².